The number of phenols is 1. The molecule has 1 N–H and O–H groups in total. The first-order chi connectivity index (χ1) is 15.4. The Morgan fingerprint density at radius 3 is 2.38 bits per heavy atom. The summed E-state index contributed by atoms with van der Waals surface area (Å²) >= 11 is 5.96. The third kappa shape index (κ3) is 3.47. The fourth-order valence-corrected chi connectivity index (χ4v) is 4.46. The highest BCUT2D eigenvalue weighted by atomic mass is 35.5. The predicted octanol–water partition coefficient (Wildman–Crippen LogP) is 5.30. The third-order valence-corrected chi connectivity index (χ3v) is 6.68. The lowest BCUT2D eigenvalue weighted by molar-refractivity contribution is 0.476. The lowest BCUT2D eigenvalue weighted by Gasteiger charge is -2.14. The Morgan fingerprint density at radius 1 is 0.938 bits per heavy atom. The van der Waals surface area contributed by atoms with Gasteiger partial charge in [0.2, 0.25) is 0 Å². The Balaban J connectivity index is 1.81. The number of benzene rings is 3. The number of aromatic nitrogens is 2. The van der Waals surface area contributed by atoms with E-state index in [1.807, 2.05) is 24.3 Å². The standard InChI is InChI=1S/C25H17ClN2O3S/c1-32(31)19-7-5-18(6-8-19)28-24(30)11-4-17-14-27-22-10-3-15(12-20(22)25(17)28)16-2-9-21(26)23(29)13-16/h2-14,29H,1H3. The molecule has 0 aliphatic rings. The van der Waals surface area contributed by atoms with Gasteiger partial charge in [-0.05, 0) is 65.7 Å². The van der Waals surface area contributed by atoms with Crippen LogP contribution in [0.5, 0.6) is 5.75 Å². The highest BCUT2D eigenvalue weighted by molar-refractivity contribution is 7.84. The van der Waals surface area contributed by atoms with E-state index in [9.17, 15) is 14.1 Å². The van der Waals surface area contributed by atoms with Crippen LogP contribution in [0.2, 0.25) is 5.02 Å². The maximum Gasteiger partial charge on any atom is 0.255 e. The lowest BCUT2D eigenvalue weighted by Crippen LogP contribution is -2.17. The Hall–Kier alpha value is -3.48. The van der Waals surface area contributed by atoms with E-state index < -0.39 is 10.8 Å². The van der Waals surface area contributed by atoms with Crippen molar-refractivity contribution in [2.45, 2.75) is 4.90 Å². The molecule has 5 nitrogen and oxygen atoms in total. The van der Waals surface area contributed by atoms with Crippen LogP contribution in [-0.2, 0) is 10.8 Å². The van der Waals surface area contributed by atoms with Gasteiger partial charge in [-0.15, -0.1) is 0 Å². The fraction of sp³-hybridized carbons (Fsp3) is 0.0400. The molecule has 1 unspecified atom stereocenters. The Morgan fingerprint density at radius 2 is 1.66 bits per heavy atom. The highest BCUT2D eigenvalue weighted by Crippen LogP contribution is 2.33. The average Bonchev–Trinajstić information content (AvgIpc) is 2.80. The molecule has 5 rings (SSSR count). The zero-order valence-electron chi connectivity index (χ0n) is 16.9. The first-order valence-electron chi connectivity index (χ1n) is 9.80. The van der Waals surface area contributed by atoms with E-state index >= 15 is 0 Å². The zero-order chi connectivity index (χ0) is 22.4. The number of nitrogens with zero attached hydrogens (tertiary/aromatic N) is 2. The number of rotatable bonds is 3. The molecule has 0 aliphatic carbocycles. The van der Waals surface area contributed by atoms with Gasteiger partial charge < -0.3 is 5.11 Å². The molecule has 158 valence electrons. The smallest absolute Gasteiger partial charge is 0.255 e. The number of pyridine rings is 2. The van der Waals surface area contributed by atoms with E-state index in [0.717, 1.165) is 32.9 Å². The summed E-state index contributed by atoms with van der Waals surface area (Å²) in [5.41, 5.74) is 3.63. The number of aromatic hydroxyl groups is 1. The van der Waals surface area contributed by atoms with E-state index in [1.54, 1.807) is 59.5 Å². The van der Waals surface area contributed by atoms with Crippen LogP contribution in [0, 0.1) is 0 Å². The molecular formula is C25H17ClN2O3S. The van der Waals surface area contributed by atoms with Crippen molar-refractivity contribution in [1.82, 2.24) is 9.55 Å². The summed E-state index contributed by atoms with van der Waals surface area (Å²) in [6.45, 7) is 0. The summed E-state index contributed by atoms with van der Waals surface area (Å²) in [7, 11) is -1.10. The van der Waals surface area contributed by atoms with Gasteiger partial charge in [0.15, 0.2) is 0 Å². The van der Waals surface area contributed by atoms with Gasteiger partial charge in [0.05, 0.1) is 16.1 Å². The molecule has 7 heteroatoms. The van der Waals surface area contributed by atoms with Gasteiger partial charge in [-0.1, -0.05) is 23.7 Å². The molecule has 5 aromatic rings. The predicted molar refractivity (Wildman–Crippen MR) is 129 cm³/mol. The van der Waals surface area contributed by atoms with Crippen molar-refractivity contribution in [3.05, 3.63) is 94.4 Å². The SMILES string of the molecule is CS(=O)c1ccc(-n2c(=O)ccc3cnc4ccc(-c5ccc(Cl)c(O)c5)cc4c32)cc1. The quantitative estimate of drug-likeness (QED) is 0.371. The normalized spacial score (nSPS) is 12.3. The van der Waals surface area contributed by atoms with Gasteiger partial charge in [-0.25, -0.2) is 0 Å². The average molecular weight is 461 g/mol. The first-order valence-corrected chi connectivity index (χ1v) is 11.7. The molecule has 1 atom stereocenters. The molecule has 0 amide bonds. The second-order valence-corrected chi connectivity index (χ2v) is 9.20. The van der Waals surface area contributed by atoms with E-state index in [1.165, 1.54) is 6.07 Å². The molecule has 3 aromatic carbocycles. The molecule has 0 radical (unpaired) electrons. The number of phenolic OH excluding ortho intramolecular Hbond substituents is 1. The van der Waals surface area contributed by atoms with Crippen molar-refractivity contribution in [3.63, 3.8) is 0 Å². The molecule has 0 spiro atoms. The second kappa shape index (κ2) is 7.89. The molecule has 0 bridgehead atoms. The first kappa shape index (κ1) is 20.4. The van der Waals surface area contributed by atoms with Crippen LogP contribution < -0.4 is 5.56 Å². The zero-order valence-corrected chi connectivity index (χ0v) is 18.5. The van der Waals surface area contributed by atoms with Crippen molar-refractivity contribution < 1.29 is 9.32 Å². The van der Waals surface area contributed by atoms with Crippen LogP contribution in [0.3, 0.4) is 0 Å². The minimum absolute atomic E-state index is 0.00520. The summed E-state index contributed by atoms with van der Waals surface area (Å²) in [6, 6.07) is 21.3. The van der Waals surface area contributed by atoms with Crippen molar-refractivity contribution in [3.8, 4) is 22.6 Å². The molecule has 0 saturated heterocycles. The van der Waals surface area contributed by atoms with Crippen LogP contribution in [0.15, 0.2) is 88.7 Å². The van der Waals surface area contributed by atoms with E-state index in [2.05, 4.69) is 4.98 Å². The fourth-order valence-electron chi connectivity index (χ4n) is 3.83. The van der Waals surface area contributed by atoms with Gasteiger partial charge in [-0.3, -0.25) is 18.6 Å². The minimum atomic E-state index is -1.10. The van der Waals surface area contributed by atoms with Gasteiger partial charge in [0, 0.05) is 50.7 Å². The number of hydrogen-bond acceptors (Lipinski definition) is 4. The molecule has 32 heavy (non-hydrogen) atoms. The number of fused-ring (bicyclic) bond motifs is 3. The van der Waals surface area contributed by atoms with E-state index in [-0.39, 0.29) is 16.3 Å². The van der Waals surface area contributed by atoms with Crippen LogP contribution >= 0.6 is 11.6 Å². The summed E-state index contributed by atoms with van der Waals surface area (Å²) in [5.74, 6) is 0.00520. The summed E-state index contributed by atoms with van der Waals surface area (Å²) in [6.07, 6.45) is 3.37. The molecule has 2 heterocycles. The topological polar surface area (TPSA) is 72.2 Å². The highest BCUT2D eigenvalue weighted by Gasteiger charge is 2.12. The lowest BCUT2D eigenvalue weighted by atomic mass is 10.0. The Labute approximate surface area is 191 Å². The van der Waals surface area contributed by atoms with Crippen molar-refractivity contribution in [1.29, 1.82) is 0 Å². The summed E-state index contributed by atoms with van der Waals surface area (Å²) in [5, 5.41) is 11.9. The molecule has 0 aliphatic heterocycles. The maximum atomic E-state index is 13.0. The number of hydrogen-bond donors (Lipinski definition) is 1. The van der Waals surface area contributed by atoms with E-state index in [4.69, 9.17) is 11.6 Å². The summed E-state index contributed by atoms with van der Waals surface area (Å²) in [4.78, 5) is 18.2. The van der Waals surface area contributed by atoms with Gasteiger partial charge in [-0.2, -0.15) is 0 Å². The number of halogens is 1. The van der Waals surface area contributed by atoms with Crippen molar-refractivity contribution in [2.75, 3.05) is 6.26 Å². The molecule has 0 saturated carbocycles. The Kier molecular flexibility index (Phi) is 5.04. The molecule has 0 fully saturated rings. The molecular weight excluding hydrogens is 444 g/mol. The van der Waals surface area contributed by atoms with Crippen molar-refractivity contribution in [2.24, 2.45) is 0 Å². The van der Waals surface area contributed by atoms with E-state index in [0.29, 0.717) is 10.6 Å². The van der Waals surface area contributed by atoms with Gasteiger partial charge in [0.1, 0.15) is 5.75 Å². The largest absolute Gasteiger partial charge is 0.506 e. The Bertz CT molecular complexity index is 1590. The van der Waals surface area contributed by atoms with Gasteiger partial charge >= 0.3 is 0 Å². The maximum absolute atomic E-state index is 13.0. The van der Waals surface area contributed by atoms with Crippen LogP contribution in [0.1, 0.15) is 0 Å². The van der Waals surface area contributed by atoms with Crippen molar-refractivity contribution >= 4 is 44.2 Å². The third-order valence-electron chi connectivity index (χ3n) is 5.42. The second-order valence-electron chi connectivity index (χ2n) is 7.42. The van der Waals surface area contributed by atoms with Crippen LogP contribution in [0.25, 0.3) is 38.6 Å². The monoisotopic (exact) mass is 460 g/mol. The minimum Gasteiger partial charge on any atom is -0.506 e. The van der Waals surface area contributed by atoms with Crippen LogP contribution in [-0.4, -0.2) is 25.1 Å². The molecule has 2 aromatic heterocycles. The summed E-state index contributed by atoms with van der Waals surface area (Å²) < 4.78 is 13.4. The van der Waals surface area contributed by atoms with Crippen LogP contribution in [0.4, 0.5) is 0 Å². The van der Waals surface area contributed by atoms with Gasteiger partial charge in [0.25, 0.3) is 5.56 Å².